The van der Waals surface area contributed by atoms with Crippen molar-refractivity contribution in [3.05, 3.63) is 52.3 Å². The van der Waals surface area contributed by atoms with Gasteiger partial charge in [0.2, 0.25) is 5.76 Å². The van der Waals surface area contributed by atoms with Crippen LogP contribution in [-0.2, 0) is 25.7 Å². The fraction of sp³-hybridized carbons (Fsp3) is 0.304. The molecule has 0 spiro atoms. The van der Waals surface area contributed by atoms with Crippen molar-refractivity contribution in [3.8, 4) is 11.5 Å². The fourth-order valence-corrected chi connectivity index (χ4v) is 3.76. The summed E-state index contributed by atoms with van der Waals surface area (Å²) in [5, 5.41) is -0.548. The lowest BCUT2D eigenvalue weighted by atomic mass is 10.2. The second-order valence-electron chi connectivity index (χ2n) is 7.26. The van der Waals surface area contributed by atoms with Crippen LogP contribution in [0, 0.1) is 0 Å². The Balaban J connectivity index is 1.69. The van der Waals surface area contributed by atoms with E-state index in [1.165, 1.54) is 26.4 Å². The van der Waals surface area contributed by atoms with Gasteiger partial charge in [-0.2, -0.15) is 0 Å². The zero-order chi connectivity index (χ0) is 24.8. The zero-order valence-electron chi connectivity index (χ0n) is 19.0. The van der Waals surface area contributed by atoms with Crippen LogP contribution in [0.15, 0.2) is 39.7 Å². The normalized spacial score (nSPS) is 14.6. The number of benzene rings is 1. The summed E-state index contributed by atoms with van der Waals surface area (Å²) in [5.41, 5.74) is 0.588. The maximum absolute atomic E-state index is 12.6. The van der Waals surface area contributed by atoms with Crippen molar-refractivity contribution in [3.63, 3.8) is 0 Å². The maximum atomic E-state index is 12.6. The van der Waals surface area contributed by atoms with E-state index in [1.54, 1.807) is 38.1 Å². The Bertz CT molecular complexity index is 1140. The minimum atomic E-state index is -0.656. The van der Waals surface area contributed by atoms with E-state index < -0.39 is 29.6 Å². The number of hydrogen-bond donors (Lipinski definition) is 0. The molecule has 180 valence electrons. The molecule has 1 aliphatic heterocycles. The summed E-state index contributed by atoms with van der Waals surface area (Å²) < 4.78 is 26.1. The minimum Gasteiger partial charge on any atom is -0.493 e. The van der Waals surface area contributed by atoms with E-state index in [0.717, 1.165) is 16.7 Å². The third kappa shape index (κ3) is 5.98. The summed E-state index contributed by atoms with van der Waals surface area (Å²) in [6.45, 7) is 2.96. The van der Waals surface area contributed by atoms with E-state index >= 15 is 0 Å². The molecule has 1 aromatic heterocycles. The first-order valence-corrected chi connectivity index (χ1v) is 11.0. The highest BCUT2D eigenvalue weighted by Crippen LogP contribution is 2.34. The predicted molar refractivity (Wildman–Crippen MR) is 121 cm³/mol. The molecule has 2 heterocycles. The summed E-state index contributed by atoms with van der Waals surface area (Å²) in [6, 6.07) is 8.04. The molecule has 1 aromatic carbocycles. The smallest absolute Gasteiger partial charge is 0.373 e. The van der Waals surface area contributed by atoms with Crippen molar-refractivity contribution in [2.45, 2.75) is 26.6 Å². The Labute approximate surface area is 199 Å². The maximum Gasteiger partial charge on any atom is 0.373 e. The molecule has 1 aliphatic rings. The third-order valence-corrected chi connectivity index (χ3v) is 5.34. The third-order valence-electron chi connectivity index (χ3n) is 4.43. The van der Waals surface area contributed by atoms with Gasteiger partial charge in [-0.25, -0.2) is 4.79 Å². The van der Waals surface area contributed by atoms with Crippen LogP contribution in [0.1, 0.15) is 35.7 Å². The second-order valence-corrected chi connectivity index (χ2v) is 8.26. The molecule has 2 aromatic rings. The van der Waals surface area contributed by atoms with Gasteiger partial charge in [-0.3, -0.25) is 19.3 Å². The van der Waals surface area contributed by atoms with Crippen LogP contribution in [-0.4, -0.2) is 54.9 Å². The molecule has 3 rings (SSSR count). The summed E-state index contributed by atoms with van der Waals surface area (Å²) in [4.78, 5) is 49.2. The summed E-state index contributed by atoms with van der Waals surface area (Å²) in [7, 11) is 2.72. The largest absolute Gasteiger partial charge is 0.493 e. The van der Waals surface area contributed by atoms with Gasteiger partial charge in [0.25, 0.3) is 11.1 Å². The zero-order valence-corrected chi connectivity index (χ0v) is 19.8. The van der Waals surface area contributed by atoms with Crippen molar-refractivity contribution in [1.82, 2.24) is 4.90 Å². The first-order valence-electron chi connectivity index (χ1n) is 10.1. The molecule has 10 nitrogen and oxygen atoms in total. The highest BCUT2D eigenvalue weighted by atomic mass is 32.2. The lowest BCUT2D eigenvalue weighted by Crippen LogP contribution is -2.35. The van der Waals surface area contributed by atoms with Crippen LogP contribution in [0.5, 0.6) is 11.5 Å². The van der Waals surface area contributed by atoms with Gasteiger partial charge in [-0.15, -0.1) is 0 Å². The quantitative estimate of drug-likeness (QED) is 0.381. The molecule has 0 atom stereocenters. The molecule has 1 fully saturated rings. The number of imide groups is 1. The Morgan fingerprint density at radius 3 is 2.56 bits per heavy atom. The van der Waals surface area contributed by atoms with Crippen molar-refractivity contribution in [2.75, 3.05) is 20.8 Å². The van der Waals surface area contributed by atoms with Gasteiger partial charge >= 0.3 is 11.9 Å². The average molecular weight is 490 g/mol. The highest BCUT2D eigenvalue weighted by molar-refractivity contribution is 8.18. The number of thioether (sulfide) groups is 1. The summed E-state index contributed by atoms with van der Waals surface area (Å²) >= 11 is 0.738. The molecular weight excluding hydrogens is 466 g/mol. The Hall–Kier alpha value is -3.73. The van der Waals surface area contributed by atoms with Gasteiger partial charge < -0.3 is 23.4 Å². The number of rotatable bonds is 9. The molecule has 0 aliphatic carbocycles. The summed E-state index contributed by atoms with van der Waals surface area (Å²) in [6.07, 6.45) is 1.18. The van der Waals surface area contributed by atoms with Gasteiger partial charge in [-0.1, -0.05) is 6.07 Å². The van der Waals surface area contributed by atoms with E-state index in [1.807, 2.05) is 0 Å². The standard InChI is InChI=1S/C23H23NO9S/c1-13(2)32-20(25)11-24-21(26)19(34-23(24)28)10-14-5-7-16(18(9-14)29-3)31-12-15-6-8-17(33-15)22(27)30-4/h5-10,13H,11-12H2,1-4H3. The van der Waals surface area contributed by atoms with E-state index in [2.05, 4.69) is 4.74 Å². The number of hydrogen-bond acceptors (Lipinski definition) is 10. The number of methoxy groups -OCH3 is 2. The van der Waals surface area contributed by atoms with Crippen LogP contribution < -0.4 is 9.47 Å². The molecule has 0 unspecified atom stereocenters. The van der Waals surface area contributed by atoms with Crippen LogP contribution in [0.2, 0.25) is 0 Å². The number of carbonyl (C=O) groups excluding carboxylic acids is 4. The Morgan fingerprint density at radius 1 is 1.12 bits per heavy atom. The Kier molecular flexibility index (Phi) is 8.00. The van der Waals surface area contributed by atoms with Crippen LogP contribution in [0.4, 0.5) is 4.79 Å². The van der Waals surface area contributed by atoms with Crippen LogP contribution in [0.25, 0.3) is 6.08 Å². The number of amides is 2. The molecule has 0 radical (unpaired) electrons. The van der Waals surface area contributed by atoms with Gasteiger partial charge in [-0.05, 0) is 61.5 Å². The molecule has 0 N–H and O–H groups in total. The first-order chi connectivity index (χ1) is 16.2. The lowest BCUT2D eigenvalue weighted by Gasteiger charge is -2.13. The second kappa shape index (κ2) is 10.9. The number of carbonyl (C=O) groups is 4. The fourth-order valence-electron chi connectivity index (χ4n) is 2.92. The highest BCUT2D eigenvalue weighted by Gasteiger charge is 2.36. The van der Waals surface area contributed by atoms with E-state index in [9.17, 15) is 19.2 Å². The SMILES string of the molecule is COC(=O)c1ccc(COc2ccc(C=C3SC(=O)N(CC(=O)OC(C)C)C3=O)cc2OC)o1. The van der Waals surface area contributed by atoms with Crippen molar-refractivity contribution in [2.24, 2.45) is 0 Å². The molecular formula is C23H23NO9S. The van der Waals surface area contributed by atoms with Crippen molar-refractivity contribution in [1.29, 1.82) is 0 Å². The molecule has 34 heavy (non-hydrogen) atoms. The number of ether oxygens (including phenoxy) is 4. The predicted octanol–water partition coefficient (Wildman–Crippen LogP) is 3.64. The summed E-state index contributed by atoms with van der Waals surface area (Å²) in [5.74, 6) is -0.555. The number of esters is 2. The first kappa shape index (κ1) is 24.9. The molecule has 0 bridgehead atoms. The van der Waals surface area contributed by atoms with Gasteiger partial charge in [0, 0.05) is 0 Å². The molecule has 11 heteroatoms. The van der Waals surface area contributed by atoms with Crippen molar-refractivity contribution < 1.29 is 42.5 Å². The number of nitrogens with zero attached hydrogens (tertiary/aromatic N) is 1. The molecule has 1 saturated heterocycles. The monoisotopic (exact) mass is 489 g/mol. The van der Waals surface area contributed by atoms with Gasteiger partial charge in [0.05, 0.1) is 25.2 Å². The molecule has 0 saturated carbocycles. The number of furan rings is 1. The van der Waals surface area contributed by atoms with E-state index in [-0.39, 0.29) is 23.4 Å². The van der Waals surface area contributed by atoms with E-state index in [0.29, 0.717) is 22.8 Å². The topological polar surface area (TPSA) is 122 Å². The van der Waals surface area contributed by atoms with Crippen molar-refractivity contribution >= 4 is 40.9 Å². The average Bonchev–Trinajstić information content (AvgIpc) is 3.37. The minimum absolute atomic E-state index is 0.0397. The Morgan fingerprint density at radius 2 is 1.88 bits per heavy atom. The van der Waals surface area contributed by atoms with E-state index in [4.69, 9.17) is 18.6 Å². The van der Waals surface area contributed by atoms with Crippen LogP contribution >= 0.6 is 11.8 Å². The lowest BCUT2D eigenvalue weighted by molar-refractivity contribution is -0.149. The van der Waals surface area contributed by atoms with Gasteiger partial charge in [0.1, 0.15) is 18.9 Å². The van der Waals surface area contributed by atoms with Crippen LogP contribution in [0.3, 0.4) is 0 Å². The van der Waals surface area contributed by atoms with Gasteiger partial charge in [0.15, 0.2) is 11.5 Å². The molecule has 2 amide bonds.